The van der Waals surface area contributed by atoms with E-state index in [0.29, 0.717) is 17.4 Å². The van der Waals surface area contributed by atoms with E-state index in [-0.39, 0.29) is 37.9 Å². The van der Waals surface area contributed by atoms with Gasteiger partial charge in [0.2, 0.25) is 5.91 Å². The predicted octanol–water partition coefficient (Wildman–Crippen LogP) is 22.0. The molecule has 9 nitrogen and oxygen atoms in total. The Labute approximate surface area is 524 Å². The van der Waals surface area contributed by atoms with Gasteiger partial charge < -0.3 is 19.4 Å². The minimum absolute atomic E-state index is 0.0242. The molecule has 486 valence electrons. The van der Waals surface area contributed by atoms with E-state index in [1.165, 1.54) is 122 Å². The van der Waals surface area contributed by atoms with Crippen molar-refractivity contribution in [2.24, 2.45) is 0 Å². The molecule has 0 radical (unpaired) electrons. The van der Waals surface area contributed by atoms with Crippen molar-refractivity contribution in [3.63, 3.8) is 0 Å². The zero-order valence-electron chi connectivity index (χ0n) is 55.6. The van der Waals surface area contributed by atoms with Crippen LogP contribution in [0.3, 0.4) is 0 Å². The molecule has 2 N–H and O–H groups in total. The summed E-state index contributed by atoms with van der Waals surface area (Å²) in [6, 6.07) is -0.883. The summed E-state index contributed by atoms with van der Waals surface area (Å²) in [7, 11) is 1.45. The van der Waals surface area contributed by atoms with Gasteiger partial charge in [0, 0.05) is 12.8 Å². The number of phosphoric ester groups is 1. The highest BCUT2D eigenvalue weighted by Gasteiger charge is 2.30. The van der Waals surface area contributed by atoms with Crippen molar-refractivity contribution in [2.75, 3.05) is 40.9 Å². The molecule has 0 aliphatic carbocycles. The highest BCUT2D eigenvalue weighted by Crippen LogP contribution is 2.43. The van der Waals surface area contributed by atoms with Gasteiger partial charge in [0.1, 0.15) is 19.3 Å². The largest absolute Gasteiger partial charge is 0.472 e. The number of hydrogen-bond donors (Lipinski definition) is 2. The predicted molar refractivity (Wildman–Crippen MR) is 369 cm³/mol. The van der Waals surface area contributed by atoms with E-state index < -0.39 is 20.0 Å². The van der Waals surface area contributed by atoms with Crippen LogP contribution < -0.4 is 5.32 Å². The average Bonchev–Trinajstić information content (AvgIpc) is 3.57. The van der Waals surface area contributed by atoms with E-state index in [2.05, 4.69) is 148 Å². The van der Waals surface area contributed by atoms with Crippen LogP contribution in [0.4, 0.5) is 0 Å². The minimum atomic E-state index is -4.47. The van der Waals surface area contributed by atoms with Crippen molar-refractivity contribution < 1.29 is 37.3 Å². The maximum Gasteiger partial charge on any atom is 0.472 e. The molecule has 3 atom stereocenters. The number of ether oxygens (including phenoxy) is 1. The first kappa shape index (κ1) is 81.2. The number of allylic oxidation sites excluding steroid dienone is 21. The van der Waals surface area contributed by atoms with Crippen LogP contribution in [0.15, 0.2) is 134 Å². The summed E-state index contributed by atoms with van der Waals surface area (Å²) in [6.45, 7) is 6.82. The van der Waals surface area contributed by atoms with Crippen LogP contribution in [0.5, 0.6) is 0 Å². The molecular weight excluding hydrogens is 1070 g/mol. The molecule has 0 saturated heterocycles. The molecule has 0 aromatic rings. The van der Waals surface area contributed by atoms with Gasteiger partial charge in [-0.2, -0.15) is 0 Å². The second-order valence-electron chi connectivity index (χ2n) is 24.0. The number of nitrogens with one attached hydrogen (secondary N) is 1. The van der Waals surface area contributed by atoms with Crippen LogP contribution in [0, 0.1) is 0 Å². The Morgan fingerprint density at radius 2 is 0.753 bits per heavy atom. The molecule has 10 heteroatoms. The number of carbonyl (C=O) groups excluding carboxylic acids is 2. The number of unbranched alkanes of at least 4 members (excludes halogenated alkanes) is 25. The van der Waals surface area contributed by atoms with Crippen LogP contribution in [0.1, 0.15) is 278 Å². The molecule has 85 heavy (non-hydrogen) atoms. The van der Waals surface area contributed by atoms with E-state index in [0.717, 1.165) is 116 Å². The summed E-state index contributed by atoms with van der Waals surface area (Å²) in [5, 5.41) is 3.03. The highest BCUT2D eigenvalue weighted by molar-refractivity contribution is 7.47. The molecule has 0 aliphatic heterocycles. The third-order valence-electron chi connectivity index (χ3n) is 14.6. The third-order valence-corrected chi connectivity index (χ3v) is 15.6. The Balaban J connectivity index is 5.14. The summed E-state index contributed by atoms with van der Waals surface area (Å²) in [5.74, 6) is -0.566. The van der Waals surface area contributed by atoms with Gasteiger partial charge >= 0.3 is 13.8 Å². The maximum atomic E-state index is 13.6. The second-order valence-corrected chi connectivity index (χ2v) is 25.4. The Morgan fingerprint density at radius 3 is 1.16 bits per heavy atom. The van der Waals surface area contributed by atoms with E-state index in [1.807, 2.05) is 33.3 Å². The summed E-state index contributed by atoms with van der Waals surface area (Å²) < 4.78 is 30.7. The maximum absolute atomic E-state index is 13.6. The minimum Gasteiger partial charge on any atom is -0.456 e. The molecule has 0 aromatic heterocycles. The molecule has 0 heterocycles. The lowest BCUT2D eigenvalue weighted by Crippen LogP contribution is -2.47. The van der Waals surface area contributed by atoms with Crippen LogP contribution in [0.2, 0.25) is 0 Å². The molecule has 0 fully saturated rings. The molecule has 0 aliphatic rings. The number of hydrogen-bond acceptors (Lipinski definition) is 6. The summed E-state index contributed by atoms with van der Waals surface area (Å²) in [6.07, 6.45) is 90.4. The van der Waals surface area contributed by atoms with Gasteiger partial charge in [0.25, 0.3) is 0 Å². The number of nitrogens with zero attached hydrogens (tertiary/aromatic N) is 1. The standard InChI is InChI=1S/C75H129N2O7P/c1-7-10-13-16-19-22-25-27-29-31-33-35-36-37-38-39-40-42-44-46-48-50-53-56-59-62-65-68-75(79)84-73(66-63-60-57-54-51-24-21-18-15-12-9-3)72(71-83-85(80,81)82-70-69-77(4,5)6)76-74(78)67-64-61-58-55-52-49-47-45-43-41-34-32-30-28-26-23-20-17-14-11-8-2/h11,14,19-20,22-23,27-30,33-35,37-38,41,45,47,52,55,63,66,72-73H,7-10,12-13,15-18,21,24-26,31-32,36,39-40,42-44,46,48-51,53-54,56-62,64-65,67-71H2,1-6H3,(H-,76,78,80,81)/p+1/b14-11-,22-19-,23-20-,29-27-,30-28-,35-33-,38-37-,41-34-,47-45-,55-52-,66-63-. The fourth-order valence-electron chi connectivity index (χ4n) is 9.28. The number of amides is 1. The van der Waals surface area contributed by atoms with Crippen LogP contribution in [-0.4, -0.2) is 74.3 Å². The van der Waals surface area contributed by atoms with Gasteiger partial charge in [0.15, 0.2) is 0 Å². The lowest BCUT2D eigenvalue weighted by Gasteiger charge is -2.27. The first-order valence-electron chi connectivity index (χ1n) is 34.5. The average molecular weight is 1200 g/mol. The van der Waals surface area contributed by atoms with Crippen LogP contribution in [-0.2, 0) is 27.9 Å². The summed E-state index contributed by atoms with van der Waals surface area (Å²) in [4.78, 5) is 37.8. The van der Waals surface area contributed by atoms with Crippen molar-refractivity contribution in [1.29, 1.82) is 0 Å². The molecule has 3 unspecified atom stereocenters. The first-order valence-corrected chi connectivity index (χ1v) is 36.0. The fraction of sp³-hybridized carbons (Fsp3) is 0.680. The van der Waals surface area contributed by atoms with E-state index >= 15 is 0 Å². The first-order chi connectivity index (χ1) is 41.4. The zero-order valence-corrected chi connectivity index (χ0v) is 56.4. The summed E-state index contributed by atoms with van der Waals surface area (Å²) in [5.41, 5.74) is 0. The number of phosphoric acid groups is 1. The lowest BCUT2D eigenvalue weighted by molar-refractivity contribution is -0.870. The van der Waals surface area contributed by atoms with Crippen molar-refractivity contribution >= 4 is 19.7 Å². The number of likely N-dealkylation sites (N-methyl/N-ethyl adjacent to an activating group) is 1. The van der Waals surface area contributed by atoms with Gasteiger partial charge in [-0.3, -0.25) is 18.6 Å². The molecule has 0 bridgehead atoms. The normalized spacial score (nSPS) is 14.4. The lowest BCUT2D eigenvalue weighted by atomic mass is 10.0. The van der Waals surface area contributed by atoms with Crippen LogP contribution >= 0.6 is 7.82 Å². The number of quaternary nitrogens is 1. The van der Waals surface area contributed by atoms with E-state index in [1.54, 1.807) is 0 Å². The molecule has 0 aromatic carbocycles. The zero-order chi connectivity index (χ0) is 62.1. The van der Waals surface area contributed by atoms with Gasteiger partial charge in [-0.15, -0.1) is 0 Å². The Kier molecular flexibility index (Phi) is 60.3. The highest BCUT2D eigenvalue weighted by atomic mass is 31.2. The Hall–Kier alpha value is -3.85. The SMILES string of the molecule is CC/C=C\C/C=C\C/C=C\C/C=C\C/C=C\C/C=C\CCCCC(=O)NC(COP(=O)(O)OCC[N+](C)(C)C)C(/C=C\CCCCCCCCCCC)OC(=O)CCCCCCCCCCCCC/C=C\C/C=C\C/C=C\C/C=C\CCCCC. The summed E-state index contributed by atoms with van der Waals surface area (Å²) >= 11 is 0. The Morgan fingerprint density at radius 1 is 0.424 bits per heavy atom. The molecule has 0 saturated carbocycles. The number of carbonyl (C=O) groups is 2. The monoisotopic (exact) mass is 1200 g/mol. The third kappa shape index (κ3) is 64.5. The quantitative estimate of drug-likeness (QED) is 0.0205. The van der Waals surface area contributed by atoms with Gasteiger partial charge in [0.05, 0.1) is 33.8 Å². The molecule has 0 spiro atoms. The Bertz CT molecular complexity index is 1920. The number of esters is 1. The topological polar surface area (TPSA) is 111 Å². The molecule has 0 rings (SSSR count). The van der Waals surface area contributed by atoms with Crippen molar-refractivity contribution in [3.05, 3.63) is 134 Å². The van der Waals surface area contributed by atoms with Crippen molar-refractivity contribution in [2.45, 2.75) is 290 Å². The van der Waals surface area contributed by atoms with Crippen molar-refractivity contribution in [1.82, 2.24) is 5.32 Å². The van der Waals surface area contributed by atoms with E-state index in [9.17, 15) is 19.0 Å². The molecular formula is C75H130N2O7P+. The molecule has 1 amide bonds. The fourth-order valence-corrected chi connectivity index (χ4v) is 10.0. The van der Waals surface area contributed by atoms with Crippen molar-refractivity contribution in [3.8, 4) is 0 Å². The second kappa shape index (κ2) is 63.2. The van der Waals surface area contributed by atoms with Crippen LogP contribution in [0.25, 0.3) is 0 Å². The van der Waals surface area contributed by atoms with Gasteiger partial charge in [-0.1, -0.05) is 270 Å². The number of rotatable bonds is 61. The van der Waals surface area contributed by atoms with Gasteiger partial charge in [-0.25, -0.2) is 4.57 Å². The van der Waals surface area contributed by atoms with Gasteiger partial charge in [-0.05, 0) is 128 Å². The smallest absolute Gasteiger partial charge is 0.456 e. The van der Waals surface area contributed by atoms with E-state index in [4.69, 9.17) is 13.8 Å².